The van der Waals surface area contributed by atoms with Gasteiger partial charge in [0.25, 0.3) is 0 Å². The van der Waals surface area contributed by atoms with Crippen LogP contribution in [0.15, 0.2) is 24.3 Å². The first kappa shape index (κ1) is 16.5. The molecule has 1 rings (SSSR count). The molecule has 112 valence electrons. The fourth-order valence-corrected chi connectivity index (χ4v) is 1.85. The molecule has 0 aliphatic heterocycles. The predicted molar refractivity (Wildman–Crippen MR) is 76.3 cm³/mol. The van der Waals surface area contributed by atoms with E-state index in [-0.39, 0.29) is 6.61 Å². The number of benzene rings is 1. The molecule has 0 aromatic heterocycles. The number of unbranched alkanes of at least 4 members (excludes halogenated alkanes) is 1. The molecule has 0 saturated carbocycles. The van der Waals surface area contributed by atoms with E-state index in [2.05, 4.69) is 4.74 Å². The van der Waals surface area contributed by atoms with Crippen molar-refractivity contribution in [3.63, 3.8) is 0 Å². The van der Waals surface area contributed by atoms with E-state index in [0.717, 1.165) is 24.2 Å². The molecule has 0 spiro atoms. The summed E-state index contributed by atoms with van der Waals surface area (Å²) in [6, 6.07) is 7.33. The number of nitrogens with two attached hydrogens (primary N) is 1. The van der Waals surface area contributed by atoms with E-state index in [1.165, 1.54) is 7.11 Å². The van der Waals surface area contributed by atoms with Crippen LogP contribution in [0.3, 0.4) is 0 Å². The van der Waals surface area contributed by atoms with Crippen LogP contribution in [0.5, 0.6) is 5.75 Å². The molecule has 0 amide bonds. The first-order valence-corrected chi connectivity index (χ1v) is 6.69. The summed E-state index contributed by atoms with van der Waals surface area (Å²) < 4.78 is 10.2. The maximum atomic E-state index is 11.4. The Morgan fingerprint density at radius 2 is 2.15 bits per heavy atom. The minimum absolute atomic E-state index is 0.00184. The Kier molecular flexibility index (Phi) is 6.48. The second kappa shape index (κ2) is 7.87. The van der Waals surface area contributed by atoms with Crippen molar-refractivity contribution in [1.29, 1.82) is 0 Å². The summed E-state index contributed by atoms with van der Waals surface area (Å²) in [5.41, 5.74) is 5.74. The SMILES string of the molecule is COC(=O)C(C)(N)CCCCOc1cccc(CO)c1. The van der Waals surface area contributed by atoms with Gasteiger partial charge in [0.1, 0.15) is 11.3 Å². The van der Waals surface area contributed by atoms with Gasteiger partial charge in [-0.05, 0) is 43.9 Å². The van der Waals surface area contributed by atoms with Crippen molar-refractivity contribution in [2.45, 2.75) is 38.3 Å². The van der Waals surface area contributed by atoms with Gasteiger partial charge in [0.05, 0.1) is 20.3 Å². The number of carbonyl (C=O) groups excluding carboxylic acids is 1. The fourth-order valence-electron chi connectivity index (χ4n) is 1.85. The lowest BCUT2D eigenvalue weighted by molar-refractivity contribution is -0.146. The molecule has 0 fully saturated rings. The van der Waals surface area contributed by atoms with Gasteiger partial charge in [-0.1, -0.05) is 12.1 Å². The van der Waals surface area contributed by atoms with Crippen LogP contribution >= 0.6 is 0 Å². The highest BCUT2D eigenvalue weighted by Crippen LogP contribution is 2.15. The Bertz CT molecular complexity index is 432. The quantitative estimate of drug-likeness (QED) is 0.559. The van der Waals surface area contributed by atoms with Gasteiger partial charge in [-0.25, -0.2) is 0 Å². The standard InChI is InChI=1S/C15H23NO4/c1-15(16,14(18)19-2)8-3-4-9-20-13-7-5-6-12(10-13)11-17/h5-7,10,17H,3-4,8-9,11,16H2,1-2H3. The van der Waals surface area contributed by atoms with Gasteiger partial charge >= 0.3 is 5.97 Å². The predicted octanol–water partition coefficient (Wildman–Crippen LogP) is 1.62. The van der Waals surface area contributed by atoms with Crippen molar-refractivity contribution >= 4 is 5.97 Å². The second-order valence-electron chi connectivity index (χ2n) is 5.02. The van der Waals surface area contributed by atoms with Crippen molar-refractivity contribution in [3.8, 4) is 5.75 Å². The summed E-state index contributed by atoms with van der Waals surface area (Å²) in [5, 5.41) is 9.02. The third-order valence-corrected chi connectivity index (χ3v) is 3.09. The number of methoxy groups -OCH3 is 1. The Morgan fingerprint density at radius 3 is 2.80 bits per heavy atom. The van der Waals surface area contributed by atoms with Gasteiger partial charge in [0.2, 0.25) is 0 Å². The molecule has 5 nitrogen and oxygen atoms in total. The summed E-state index contributed by atoms with van der Waals surface area (Å²) >= 11 is 0. The van der Waals surface area contributed by atoms with Crippen molar-refractivity contribution in [2.24, 2.45) is 5.73 Å². The number of hydrogen-bond donors (Lipinski definition) is 2. The van der Waals surface area contributed by atoms with Gasteiger partial charge in [0.15, 0.2) is 0 Å². The summed E-state index contributed by atoms with van der Waals surface area (Å²) in [5.74, 6) is 0.342. The smallest absolute Gasteiger partial charge is 0.325 e. The lowest BCUT2D eigenvalue weighted by atomic mass is 9.96. The average molecular weight is 281 g/mol. The number of aliphatic hydroxyl groups excluding tert-OH is 1. The molecule has 20 heavy (non-hydrogen) atoms. The van der Waals surface area contributed by atoms with Crippen LogP contribution in [0, 0.1) is 0 Å². The third kappa shape index (κ3) is 5.19. The van der Waals surface area contributed by atoms with Crippen LogP contribution in [-0.4, -0.2) is 30.3 Å². The molecule has 1 aromatic rings. The third-order valence-electron chi connectivity index (χ3n) is 3.09. The largest absolute Gasteiger partial charge is 0.494 e. The highest BCUT2D eigenvalue weighted by Gasteiger charge is 2.28. The molecule has 0 bridgehead atoms. The van der Waals surface area contributed by atoms with E-state index in [0.29, 0.717) is 13.0 Å². The molecule has 0 aliphatic rings. The topological polar surface area (TPSA) is 81.8 Å². The number of hydrogen-bond acceptors (Lipinski definition) is 5. The highest BCUT2D eigenvalue weighted by atomic mass is 16.5. The zero-order valence-corrected chi connectivity index (χ0v) is 12.1. The van der Waals surface area contributed by atoms with Gasteiger partial charge in [-0.3, -0.25) is 4.79 Å². The first-order valence-electron chi connectivity index (χ1n) is 6.69. The summed E-state index contributed by atoms with van der Waals surface area (Å²) in [4.78, 5) is 11.4. The molecule has 1 atom stereocenters. The van der Waals surface area contributed by atoms with Crippen LogP contribution in [0.2, 0.25) is 0 Å². The number of carbonyl (C=O) groups is 1. The van der Waals surface area contributed by atoms with Crippen molar-refractivity contribution in [2.75, 3.05) is 13.7 Å². The number of esters is 1. The monoisotopic (exact) mass is 281 g/mol. The molecule has 0 radical (unpaired) electrons. The minimum atomic E-state index is -0.939. The Morgan fingerprint density at radius 1 is 1.40 bits per heavy atom. The molecule has 0 heterocycles. The molecule has 1 unspecified atom stereocenters. The maximum Gasteiger partial charge on any atom is 0.325 e. The highest BCUT2D eigenvalue weighted by molar-refractivity contribution is 5.79. The molecular weight excluding hydrogens is 258 g/mol. The van der Waals surface area contributed by atoms with Gasteiger partial charge in [-0.2, -0.15) is 0 Å². The second-order valence-corrected chi connectivity index (χ2v) is 5.02. The van der Waals surface area contributed by atoms with E-state index < -0.39 is 11.5 Å². The van der Waals surface area contributed by atoms with Crippen LogP contribution in [0.4, 0.5) is 0 Å². The van der Waals surface area contributed by atoms with Crippen LogP contribution < -0.4 is 10.5 Å². The van der Waals surface area contributed by atoms with E-state index >= 15 is 0 Å². The van der Waals surface area contributed by atoms with Crippen LogP contribution in [-0.2, 0) is 16.1 Å². The van der Waals surface area contributed by atoms with E-state index in [1.54, 1.807) is 6.92 Å². The molecule has 1 aromatic carbocycles. The van der Waals surface area contributed by atoms with Gasteiger partial charge in [0, 0.05) is 0 Å². The van der Waals surface area contributed by atoms with Crippen LogP contribution in [0.25, 0.3) is 0 Å². The van der Waals surface area contributed by atoms with Crippen molar-refractivity contribution < 1.29 is 19.4 Å². The van der Waals surface area contributed by atoms with Crippen molar-refractivity contribution in [1.82, 2.24) is 0 Å². The Hall–Kier alpha value is -1.59. The summed E-state index contributed by atoms with van der Waals surface area (Å²) in [6.45, 7) is 2.22. The van der Waals surface area contributed by atoms with E-state index in [9.17, 15) is 4.79 Å². The lowest BCUT2D eigenvalue weighted by Gasteiger charge is -2.21. The Balaban J connectivity index is 2.26. The summed E-state index contributed by atoms with van der Waals surface area (Å²) in [6.07, 6.45) is 2.13. The van der Waals surface area contributed by atoms with Gasteiger partial charge in [-0.15, -0.1) is 0 Å². The summed E-state index contributed by atoms with van der Waals surface area (Å²) in [7, 11) is 1.34. The van der Waals surface area contributed by atoms with Gasteiger partial charge < -0.3 is 20.3 Å². The molecular formula is C15H23NO4. The normalized spacial score (nSPS) is 13.6. The van der Waals surface area contributed by atoms with E-state index in [1.807, 2.05) is 24.3 Å². The minimum Gasteiger partial charge on any atom is -0.494 e. The average Bonchev–Trinajstić information content (AvgIpc) is 2.46. The van der Waals surface area contributed by atoms with Crippen molar-refractivity contribution in [3.05, 3.63) is 29.8 Å². The molecule has 0 saturated heterocycles. The lowest BCUT2D eigenvalue weighted by Crippen LogP contribution is -2.45. The molecule has 3 N–H and O–H groups in total. The van der Waals surface area contributed by atoms with Crippen LogP contribution in [0.1, 0.15) is 31.7 Å². The molecule has 0 aliphatic carbocycles. The zero-order valence-electron chi connectivity index (χ0n) is 12.1. The number of aliphatic hydroxyl groups is 1. The fraction of sp³-hybridized carbons (Fsp3) is 0.533. The number of ether oxygens (including phenoxy) is 2. The first-order chi connectivity index (χ1) is 9.49. The zero-order chi connectivity index (χ0) is 15.0. The Labute approximate surface area is 119 Å². The maximum absolute atomic E-state index is 11.4. The van der Waals surface area contributed by atoms with E-state index in [4.69, 9.17) is 15.6 Å². The number of rotatable bonds is 8. The molecule has 5 heteroatoms.